The van der Waals surface area contributed by atoms with Gasteiger partial charge in [-0.3, -0.25) is 0 Å². The summed E-state index contributed by atoms with van der Waals surface area (Å²) in [5.41, 5.74) is 0.416. The predicted octanol–water partition coefficient (Wildman–Crippen LogP) is 4.26. The van der Waals surface area contributed by atoms with Gasteiger partial charge >= 0.3 is 0 Å². The van der Waals surface area contributed by atoms with E-state index in [0.29, 0.717) is 11.5 Å². The van der Waals surface area contributed by atoms with Crippen molar-refractivity contribution in [1.29, 1.82) is 0 Å². The van der Waals surface area contributed by atoms with Crippen molar-refractivity contribution in [3.63, 3.8) is 0 Å². The van der Waals surface area contributed by atoms with Crippen LogP contribution in [0, 0.1) is 11.3 Å². The Bertz CT molecular complexity index is 135. The molecule has 0 saturated heterocycles. The highest BCUT2D eigenvalue weighted by Crippen LogP contribution is 2.33. The Balaban J connectivity index is 4.14. The van der Waals surface area contributed by atoms with Gasteiger partial charge in [0, 0.05) is 7.11 Å². The monoisotopic (exact) mass is 200 g/mol. The first-order valence-electron chi connectivity index (χ1n) is 5.98. The molecule has 2 unspecified atom stereocenters. The lowest BCUT2D eigenvalue weighted by Gasteiger charge is -2.32. The van der Waals surface area contributed by atoms with Crippen molar-refractivity contribution < 1.29 is 4.74 Å². The Morgan fingerprint density at radius 1 is 1.14 bits per heavy atom. The number of rotatable bonds is 6. The number of methoxy groups -OCH3 is 1. The van der Waals surface area contributed by atoms with Gasteiger partial charge in [0.15, 0.2) is 0 Å². The van der Waals surface area contributed by atoms with Crippen molar-refractivity contribution in [2.75, 3.05) is 7.11 Å². The molecule has 0 aromatic carbocycles. The van der Waals surface area contributed by atoms with Crippen molar-refractivity contribution in [3.05, 3.63) is 0 Å². The molecule has 14 heavy (non-hydrogen) atoms. The van der Waals surface area contributed by atoms with Gasteiger partial charge in [-0.25, -0.2) is 0 Å². The third kappa shape index (κ3) is 4.99. The van der Waals surface area contributed by atoms with Crippen LogP contribution in [0.4, 0.5) is 0 Å². The molecule has 1 nitrogen and oxygen atoms in total. The molecule has 0 radical (unpaired) electrons. The molecule has 1 heteroatoms. The molecule has 0 aliphatic heterocycles. The van der Waals surface area contributed by atoms with Gasteiger partial charge in [-0.15, -0.1) is 0 Å². The maximum Gasteiger partial charge on any atom is 0.0574 e. The van der Waals surface area contributed by atoms with Gasteiger partial charge < -0.3 is 4.74 Å². The summed E-state index contributed by atoms with van der Waals surface area (Å²) in [6.07, 6.45) is 5.35. The van der Waals surface area contributed by atoms with Crippen molar-refractivity contribution >= 4 is 0 Å². The molecule has 0 bridgehead atoms. The second-order valence-corrected chi connectivity index (χ2v) is 5.35. The molecule has 2 atom stereocenters. The lowest BCUT2D eigenvalue weighted by Crippen LogP contribution is -2.25. The van der Waals surface area contributed by atoms with E-state index in [0.717, 1.165) is 5.92 Å². The Morgan fingerprint density at radius 3 is 2.00 bits per heavy atom. The van der Waals surface area contributed by atoms with E-state index in [1.807, 2.05) is 7.11 Å². The van der Waals surface area contributed by atoms with E-state index in [4.69, 9.17) is 4.74 Å². The van der Waals surface area contributed by atoms with Crippen LogP contribution >= 0.6 is 0 Å². The van der Waals surface area contributed by atoms with Crippen LogP contribution in [-0.2, 0) is 4.74 Å². The molecule has 0 amide bonds. The molecule has 0 rings (SSSR count). The van der Waals surface area contributed by atoms with E-state index in [1.165, 1.54) is 25.7 Å². The number of hydrogen-bond acceptors (Lipinski definition) is 1. The molecule has 0 N–H and O–H groups in total. The zero-order valence-corrected chi connectivity index (χ0v) is 10.9. The smallest absolute Gasteiger partial charge is 0.0574 e. The van der Waals surface area contributed by atoms with Crippen LogP contribution in [0.2, 0.25) is 0 Å². The van der Waals surface area contributed by atoms with Crippen molar-refractivity contribution in [1.82, 2.24) is 0 Å². The maximum atomic E-state index is 5.52. The summed E-state index contributed by atoms with van der Waals surface area (Å²) in [7, 11) is 1.84. The second-order valence-electron chi connectivity index (χ2n) is 5.35. The fraction of sp³-hybridized carbons (Fsp3) is 1.00. The Morgan fingerprint density at radius 2 is 1.71 bits per heavy atom. The predicted molar refractivity (Wildman–Crippen MR) is 63.6 cm³/mol. The fourth-order valence-corrected chi connectivity index (χ4v) is 2.10. The molecular formula is C13H28O. The summed E-state index contributed by atoms with van der Waals surface area (Å²) in [6, 6.07) is 0. The summed E-state index contributed by atoms with van der Waals surface area (Å²) in [5.74, 6) is 0.777. The van der Waals surface area contributed by atoms with Crippen LogP contribution in [0.3, 0.4) is 0 Å². The number of hydrogen-bond donors (Lipinski definition) is 0. The van der Waals surface area contributed by atoms with Gasteiger partial charge in [-0.05, 0) is 24.2 Å². The summed E-state index contributed by atoms with van der Waals surface area (Å²) < 4.78 is 5.52. The average Bonchev–Trinajstić information content (AvgIpc) is 2.10. The molecule has 0 heterocycles. The van der Waals surface area contributed by atoms with E-state index < -0.39 is 0 Å². The highest BCUT2D eigenvalue weighted by atomic mass is 16.5. The first kappa shape index (κ1) is 14.0. The summed E-state index contributed by atoms with van der Waals surface area (Å²) >= 11 is 0. The second kappa shape index (κ2) is 6.44. The van der Waals surface area contributed by atoms with Gasteiger partial charge in [-0.2, -0.15) is 0 Å². The third-order valence-electron chi connectivity index (χ3n) is 3.21. The lowest BCUT2D eigenvalue weighted by molar-refractivity contribution is 0.0499. The van der Waals surface area contributed by atoms with E-state index in [9.17, 15) is 0 Å². The van der Waals surface area contributed by atoms with Crippen molar-refractivity contribution in [3.8, 4) is 0 Å². The van der Waals surface area contributed by atoms with Crippen molar-refractivity contribution in [2.24, 2.45) is 11.3 Å². The quantitative estimate of drug-likeness (QED) is 0.622. The minimum atomic E-state index is 0.416. The van der Waals surface area contributed by atoms with Crippen molar-refractivity contribution in [2.45, 2.75) is 66.4 Å². The van der Waals surface area contributed by atoms with Crippen LogP contribution in [0.1, 0.15) is 60.3 Å². The van der Waals surface area contributed by atoms with Crippen LogP contribution in [0.15, 0.2) is 0 Å². The molecule has 0 saturated carbocycles. The van der Waals surface area contributed by atoms with Crippen LogP contribution in [0.5, 0.6) is 0 Å². The molecule has 86 valence electrons. The third-order valence-corrected chi connectivity index (χ3v) is 3.21. The van der Waals surface area contributed by atoms with E-state index in [2.05, 4.69) is 34.6 Å². The zero-order chi connectivity index (χ0) is 11.2. The average molecular weight is 200 g/mol. The van der Waals surface area contributed by atoms with Crippen LogP contribution < -0.4 is 0 Å². The molecular weight excluding hydrogens is 172 g/mol. The molecule has 0 spiro atoms. The largest absolute Gasteiger partial charge is 0.381 e. The number of ether oxygens (including phenoxy) is 1. The van der Waals surface area contributed by atoms with Crippen LogP contribution in [0.25, 0.3) is 0 Å². The molecule has 0 aromatic rings. The topological polar surface area (TPSA) is 9.23 Å². The Hall–Kier alpha value is -0.0400. The Labute approximate surface area is 90.2 Å². The van der Waals surface area contributed by atoms with E-state index >= 15 is 0 Å². The molecule has 0 fully saturated rings. The first-order valence-corrected chi connectivity index (χ1v) is 5.98. The van der Waals surface area contributed by atoms with Gasteiger partial charge in [0.25, 0.3) is 0 Å². The first-order chi connectivity index (χ1) is 6.45. The minimum Gasteiger partial charge on any atom is -0.381 e. The summed E-state index contributed by atoms with van der Waals surface area (Å²) in [5, 5.41) is 0. The molecule has 0 aliphatic rings. The molecule has 0 aliphatic carbocycles. The summed E-state index contributed by atoms with van der Waals surface area (Å²) in [4.78, 5) is 0. The zero-order valence-electron chi connectivity index (χ0n) is 10.9. The Kier molecular flexibility index (Phi) is 6.43. The van der Waals surface area contributed by atoms with E-state index in [-0.39, 0.29) is 0 Å². The fourth-order valence-electron chi connectivity index (χ4n) is 2.10. The van der Waals surface area contributed by atoms with Gasteiger partial charge in [-0.1, -0.05) is 47.5 Å². The standard InChI is InChI=1S/C13H28O/c1-7-9-12(14-6)10-11(8-2)13(3,4)5/h11-12H,7-10H2,1-6H3. The maximum absolute atomic E-state index is 5.52. The van der Waals surface area contributed by atoms with Gasteiger partial charge in [0.05, 0.1) is 6.10 Å². The highest BCUT2D eigenvalue weighted by Gasteiger charge is 2.25. The lowest BCUT2D eigenvalue weighted by atomic mass is 9.76. The van der Waals surface area contributed by atoms with Gasteiger partial charge in [0.1, 0.15) is 0 Å². The minimum absolute atomic E-state index is 0.416. The molecule has 0 aromatic heterocycles. The SMILES string of the molecule is CCCC(CC(CC)C(C)(C)C)OC. The van der Waals surface area contributed by atoms with Gasteiger partial charge in [0.2, 0.25) is 0 Å². The van der Waals surface area contributed by atoms with Crippen LogP contribution in [-0.4, -0.2) is 13.2 Å². The normalized spacial score (nSPS) is 16.7. The van der Waals surface area contributed by atoms with E-state index in [1.54, 1.807) is 0 Å². The summed E-state index contributed by atoms with van der Waals surface area (Å²) in [6.45, 7) is 11.5. The highest BCUT2D eigenvalue weighted by molar-refractivity contribution is 4.76.